The normalized spacial score (nSPS) is 18.3. The summed E-state index contributed by atoms with van der Waals surface area (Å²) in [5.74, 6) is 2.12. The Hall–Kier alpha value is -2.87. The standard InChI is InChI=1S/C16H12N2O3/c1-3-4-10-15-14(8-12(19)16(10)20)21-13-7-9(17-2)5-6-11(13)18-15/h1,5-8,10,19H,4H2,2H3/p+1. The van der Waals surface area contributed by atoms with E-state index in [1.165, 1.54) is 6.08 Å². The number of terminal acetylenes is 1. The molecule has 0 aromatic heterocycles. The lowest BCUT2D eigenvalue weighted by Crippen LogP contribution is -2.29. The van der Waals surface area contributed by atoms with Crippen molar-refractivity contribution >= 4 is 11.9 Å². The first kappa shape index (κ1) is 13.1. The van der Waals surface area contributed by atoms with Gasteiger partial charge in [-0.15, -0.1) is 12.3 Å². The van der Waals surface area contributed by atoms with E-state index in [9.17, 15) is 9.90 Å². The van der Waals surface area contributed by atoms with Gasteiger partial charge in [0.15, 0.2) is 11.5 Å². The minimum Gasteiger partial charge on any atom is -0.504 e. The van der Waals surface area contributed by atoms with E-state index in [4.69, 9.17) is 10.8 Å². The summed E-state index contributed by atoms with van der Waals surface area (Å²) in [6, 6.07) is 5.45. The summed E-state index contributed by atoms with van der Waals surface area (Å²) in [6.07, 6.45) is 6.83. The molecule has 0 aromatic carbocycles. The molecule has 0 saturated carbocycles. The zero-order valence-electron chi connectivity index (χ0n) is 11.4. The molecule has 2 aliphatic carbocycles. The monoisotopic (exact) mass is 281 g/mol. The molecule has 0 radical (unpaired) electrons. The predicted molar refractivity (Wildman–Crippen MR) is 75.2 cm³/mol. The van der Waals surface area contributed by atoms with Crippen LogP contribution in [0.1, 0.15) is 23.8 Å². The molecule has 0 saturated heterocycles. The van der Waals surface area contributed by atoms with Crippen LogP contribution in [0.15, 0.2) is 33.4 Å². The zero-order valence-corrected chi connectivity index (χ0v) is 11.4. The molecular weight excluding hydrogens is 268 g/mol. The number of nitrogens with one attached hydrogen (secondary N) is 1. The van der Waals surface area contributed by atoms with Crippen molar-refractivity contribution in [3.63, 3.8) is 0 Å². The van der Waals surface area contributed by atoms with Gasteiger partial charge in [0.05, 0.1) is 5.36 Å². The third-order valence-electron chi connectivity index (χ3n) is 3.49. The minimum absolute atomic E-state index is 0.198. The minimum atomic E-state index is -0.612. The highest BCUT2D eigenvalue weighted by atomic mass is 16.3. The van der Waals surface area contributed by atoms with E-state index in [2.05, 4.69) is 15.9 Å². The fraction of sp³-hybridized carbons (Fsp3) is 0.188. The molecule has 5 heteroatoms. The molecule has 2 N–H and O–H groups in total. The van der Waals surface area contributed by atoms with Crippen molar-refractivity contribution in [2.24, 2.45) is 4.99 Å². The van der Waals surface area contributed by atoms with Crippen LogP contribution in [0.4, 0.5) is 0 Å². The Bertz CT molecular complexity index is 839. The average Bonchev–Trinajstić information content (AvgIpc) is 2.49. The van der Waals surface area contributed by atoms with E-state index in [1.54, 1.807) is 13.1 Å². The summed E-state index contributed by atoms with van der Waals surface area (Å²) >= 11 is 0. The highest BCUT2D eigenvalue weighted by molar-refractivity contribution is 6.03. The van der Waals surface area contributed by atoms with Crippen molar-refractivity contribution in [2.45, 2.75) is 12.3 Å². The molecule has 3 aliphatic rings. The summed E-state index contributed by atoms with van der Waals surface area (Å²) in [5.41, 5.74) is 1.33. The number of benzene rings is 1. The molecule has 0 spiro atoms. The number of aliphatic hydroxyl groups excluding tert-OH is 1. The Morgan fingerprint density at radius 1 is 1.52 bits per heavy atom. The van der Waals surface area contributed by atoms with Crippen LogP contribution in [-0.2, 0) is 4.79 Å². The zero-order chi connectivity index (χ0) is 15.0. The van der Waals surface area contributed by atoms with Crippen molar-refractivity contribution in [3.05, 3.63) is 40.8 Å². The van der Waals surface area contributed by atoms with Gasteiger partial charge >= 0.3 is 0 Å². The van der Waals surface area contributed by atoms with Gasteiger partial charge in [0, 0.05) is 31.7 Å². The van der Waals surface area contributed by atoms with Crippen LogP contribution in [0, 0.1) is 12.3 Å². The maximum atomic E-state index is 12.0. The van der Waals surface area contributed by atoms with Crippen LogP contribution >= 0.6 is 0 Å². The van der Waals surface area contributed by atoms with E-state index in [-0.39, 0.29) is 12.2 Å². The Kier molecular flexibility index (Phi) is 3.07. The smallest absolute Gasteiger partial charge is 0.247 e. The topological polar surface area (TPSA) is 76.9 Å². The van der Waals surface area contributed by atoms with Crippen LogP contribution in [0.3, 0.4) is 0 Å². The summed E-state index contributed by atoms with van der Waals surface area (Å²) < 4.78 is 5.77. The van der Waals surface area contributed by atoms with Gasteiger partial charge in [-0.05, 0) is 6.07 Å². The summed E-state index contributed by atoms with van der Waals surface area (Å²) in [6.45, 7) is 0. The lowest BCUT2D eigenvalue weighted by molar-refractivity contribution is -0.383. The maximum absolute atomic E-state index is 12.0. The second-order valence-corrected chi connectivity index (χ2v) is 4.76. The van der Waals surface area contributed by atoms with Crippen LogP contribution in [0.2, 0.25) is 0 Å². The van der Waals surface area contributed by atoms with Crippen molar-refractivity contribution in [3.8, 4) is 23.8 Å². The predicted octanol–water partition coefficient (Wildman–Crippen LogP) is 1.32. The Morgan fingerprint density at radius 3 is 3.05 bits per heavy atom. The van der Waals surface area contributed by atoms with Gasteiger partial charge in [0.25, 0.3) is 0 Å². The number of H-pyrrole nitrogens is 1. The van der Waals surface area contributed by atoms with Crippen LogP contribution in [0.25, 0.3) is 17.5 Å². The molecular formula is C16H13N2O3+. The molecule has 1 atom stereocenters. The van der Waals surface area contributed by atoms with Gasteiger partial charge in [-0.2, -0.15) is 0 Å². The second-order valence-electron chi connectivity index (χ2n) is 4.76. The molecule has 0 bridgehead atoms. The summed E-state index contributed by atoms with van der Waals surface area (Å²) in [5, 5.41) is 10.5. The number of carbonyl (C=O) groups excluding carboxylic acids is 1. The van der Waals surface area contributed by atoms with E-state index >= 15 is 0 Å². The van der Waals surface area contributed by atoms with Gasteiger partial charge < -0.3 is 9.52 Å². The number of nitrogens with zero attached hydrogens (tertiary/aromatic N) is 1. The van der Waals surface area contributed by atoms with E-state index < -0.39 is 11.7 Å². The molecule has 1 aliphatic heterocycles. The second kappa shape index (κ2) is 4.91. The quantitative estimate of drug-likeness (QED) is 0.801. The number of ketones is 1. The van der Waals surface area contributed by atoms with Crippen LogP contribution in [0.5, 0.6) is 0 Å². The van der Waals surface area contributed by atoms with E-state index in [0.29, 0.717) is 17.2 Å². The number of Topliss-reactive ketones (excluding diaryl/α,β-unsaturated/α-hetero) is 1. The largest absolute Gasteiger partial charge is 0.504 e. The fourth-order valence-electron chi connectivity index (χ4n) is 2.40. The van der Waals surface area contributed by atoms with Gasteiger partial charge in [-0.3, -0.25) is 9.79 Å². The number of hydrogen-bond donors (Lipinski definition) is 1. The number of aromatic nitrogens is 1. The molecule has 1 heterocycles. The third-order valence-corrected chi connectivity index (χ3v) is 3.49. The number of fused-ring (bicyclic) bond motifs is 2. The SMILES string of the molecule is C#CCC1C(=O)C(O)=Cc2oc3cc(=NC)ccc-3[nH+]c21. The number of carbonyl (C=O) groups is 1. The van der Waals surface area contributed by atoms with Crippen molar-refractivity contribution in [1.82, 2.24) is 0 Å². The van der Waals surface area contributed by atoms with Gasteiger partial charge in [-0.25, -0.2) is 4.98 Å². The Balaban J connectivity index is 2.27. The Labute approximate surface area is 121 Å². The fourth-order valence-corrected chi connectivity index (χ4v) is 2.40. The molecule has 1 unspecified atom stereocenters. The molecule has 3 rings (SSSR count). The van der Waals surface area contributed by atoms with E-state index in [0.717, 1.165) is 11.1 Å². The number of hydrogen-bond acceptors (Lipinski definition) is 4. The van der Waals surface area contributed by atoms with Gasteiger partial charge in [0.1, 0.15) is 5.92 Å². The third kappa shape index (κ3) is 2.11. The van der Waals surface area contributed by atoms with Gasteiger partial charge in [-0.1, -0.05) is 0 Å². The average molecular weight is 281 g/mol. The Morgan fingerprint density at radius 2 is 2.33 bits per heavy atom. The first-order valence-corrected chi connectivity index (χ1v) is 6.45. The summed E-state index contributed by atoms with van der Waals surface area (Å²) in [7, 11) is 1.69. The van der Waals surface area contributed by atoms with Gasteiger partial charge in [0.2, 0.25) is 22.9 Å². The van der Waals surface area contributed by atoms with E-state index in [1.807, 2.05) is 12.1 Å². The molecule has 0 amide bonds. The molecule has 104 valence electrons. The molecule has 0 aromatic rings. The lowest BCUT2D eigenvalue weighted by atomic mass is 9.89. The highest BCUT2D eigenvalue weighted by Gasteiger charge is 2.37. The first-order valence-electron chi connectivity index (χ1n) is 6.45. The number of aromatic amines is 1. The molecule has 21 heavy (non-hydrogen) atoms. The summed E-state index contributed by atoms with van der Waals surface area (Å²) in [4.78, 5) is 19.3. The number of aliphatic hydroxyl groups is 1. The number of allylic oxidation sites excluding steroid dienone is 1. The van der Waals surface area contributed by atoms with Crippen LogP contribution in [-0.4, -0.2) is 17.9 Å². The van der Waals surface area contributed by atoms with Crippen molar-refractivity contribution < 1.29 is 19.3 Å². The number of rotatable bonds is 1. The lowest BCUT2D eigenvalue weighted by Gasteiger charge is -2.16. The molecule has 5 nitrogen and oxygen atoms in total. The van der Waals surface area contributed by atoms with Crippen molar-refractivity contribution in [2.75, 3.05) is 7.05 Å². The highest BCUT2D eigenvalue weighted by Crippen LogP contribution is 2.32. The van der Waals surface area contributed by atoms with Crippen molar-refractivity contribution in [1.29, 1.82) is 0 Å². The van der Waals surface area contributed by atoms with Crippen LogP contribution < -0.4 is 10.3 Å². The maximum Gasteiger partial charge on any atom is 0.247 e. The first-order chi connectivity index (χ1) is 10.1. The molecule has 0 fully saturated rings.